The van der Waals surface area contributed by atoms with Crippen molar-refractivity contribution in [2.45, 2.75) is 20.0 Å². The van der Waals surface area contributed by atoms with Crippen LogP contribution in [0.1, 0.15) is 28.4 Å². The molecule has 1 aliphatic heterocycles. The molecule has 168 valence electrons. The molecule has 4 rings (SSSR count). The summed E-state index contributed by atoms with van der Waals surface area (Å²) in [4.78, 5) is 17.1. The average Bonchev–Trinajstić information content (AvgIpc) is 2.82. The molecule has 1 amide bonds. The monoisotopic (exact) mass is 434 g/mol. The van der Waals surface area contributed by atoms with Crippen molar-refractivity contribution >= 4 is 16.7 Å². The number of hydrogen-bond donors (Lipinski definition) is 1. The highest BCUT2D eigenvalue weighted by atomic mass is 16.5. The van der Waals surface area contributed by atoms with Gasteiger partial charge in [-0.25, -0.2) is 0 Å². The van der Waals surface area contributed by atoms with Gasteiger partial charge in [0.15, 0.2) is 0 Å². The van der Waals surface area contributed by atoms with E-state index in [0.717, 1.165) is 27.6 Å². The molecule has 1 N–H and O–H groups in total. The lowest BCUT2D eigenvalue weighted by atomic mass is 9.98. The molecule has 0 atom stereocenters. The molecule has 0 saturated carbocycles. The van der Waals surface area contributed by atoms with Crippen LogP contribution >= 0.6 is 0 Å². The molecule has 3 aromatic carbocycles. The van der Waals surface area contributed by atoms with Gasteiger partial charge in [0.05, 0.1) is 25.4 Å². The van der Waals surface area contributed by atoms with E-state index in [0.29, 0.717) is 51.6 Å². The van der Waals surface area contributed by atoms with E-state index in [1.165, 1.54) is 0 Å². The molecule has 0 unspecified atom stereocenters. The highest BCUT2D eigenvalue weighted by molar-refractivity contribution is 6.03. The van der Waals surface area contributed by atoms with Crippen molar-refractivity contribution in [1.29, 1.82) is 0 Å². The molecule has 1 saturated heterocycles. The number of nitrogens with zero attached hydrogens (tertiary/aromatic N) is 2. The van der Waals surface area contributed by atoms with Crippen LogP contribution in [0, 0.1) is 0 Å². The summed E-state index contributed by atoms with van der Waals surface area (Å²) in [5.74, 6) is 0.780. The third kappa shape index (κ3) is 4.87. The van der Waals surface area contributed by atoms with E-state index in [9.17, 15) is 9.90 Å². The number of carbonyl (C=O) groups is 1. The molecule has 0 aliphatic carbocycles. The maximum absolute atomic E-state index is 13.2. The fraction of sp³-hybridized carbons (Fsp3) is 0.346. The van der Waals surface area contributed by atoms with Gasteiger partial charge in [0.1, 0.15) is 11.5 Å². The molecule has 0 aromatic heterocycles. The number of carbonyl (C=O) groups excluding carboxylic acids is 1. The van der Waals surface area contributed by atoms with Crippen LogP contribution in [0.3, 0.4) is 0 Å². The highest BCUT2D eigenvalue weighted by Crippen LogP contribution is 2.33. The van der Waals surface area contributed by atoms with Gasteiger partial charge >= 0.3 is 0 Å². The van der Waals surface area contributed by atoms with Crippen molar-refractivity contribution < 1.29 is 19.4 Å². The largest absolute Gasteiger partial charge is 0.507 e. The van der Waals surface area contributed by atoms with Crippen molar-refractivity contribution in [3.63, 3.8) is 0 Å². The van der Waals surface area contributed by atoms with E-state index >= 15 is 0 Å². The number of phenolic OH excluding ortho intramolecular Hbond substituents is 1. The average molecular weight is 435 g/mol. The summed E-state index contributed by atoms with van der Waals surface area (Å²) >= 11 is 0. The molecule has 0 radical (unpaired) electrons. The molecule has 0 bridgehead atoms. The number of ether oxygens (including phenoxy) is 2. The molecular formula is C26H30N2O4. The van der Waals surface area contributed by atoms with Crippen LogP contribution in [-0.4, -0.2) is 60.8 Å². The molecule has 32 heavy (non-hydrogen) atoms. The lowest BCUT2D eigenvalue weighted by Crippen LogP contribution is -2.40. The highest BCUT2D eigenvalue weighted by Gasteiger charge is 2.24. The second-order valence-electron chi connectivity index (χ2n) is 8.13. The van der Waals surface area contributed by atoms with Crippen molar-refractivity contribution in [1.82, 2.24) is 9.80 Å². The molecule has 1 fully saturated rings. The molecular weight excluding hydrogens is 404 g/mol. The lowest BCUT2D eigenvalue weighted by Gasteiger charge is -2.28. The number of morpholine rings is 1. The minimum absolute atomic E-state index is 0.0683. The standard InChI is InChI=1S/C26H30N2O4/c1-3-32-21-10-8-19(9-11-21)17-27(2)18-24-22-7-5-4-6-20(22)16-23(25(24)29)26(30)28-12-14-31-15-13-28/h4-11,16,29H,3,12-15,17-18H2,1-2H3. The topological polar surface area (TPSA) is 62.2 Å². The van der Waals surface area contributed by atoms with Gasteiger partial charge in [-0.15, -0.1) is 0 Å². The summed E-state index contributed by atoms with van der Waals surface area (Å²) in [5, 5.41) is 13.1. The fourth-order valence-electron chi connectivity index (χ4n) is 4.17. The van der Waals surface area contributed by atoms with Crippen molar-refractivity contribution in [2.75, 3.05) is 40.0 Å². The number of phenols is 1. The molecule has 6 heteroatoms. The number of fused-ring (bicyclic) bond motifs is 1. The summed E-state index contributed by atoms with van der Waals surface area (Å²) in [7, 11) is 2.02. The van der Waals surface area contributed by atoms with Crippen LogP contribution in [-0.2, 0) is 17.8 Å². The fourth-order valence-corrected chi connectivity index (χ4v) is 4.17. The maximum atomic E-state index is 13.2. The third-order valence-electron chi connectivity index (χ3n) is 5.77. The molecule has 1 heterocycles. The number of aromatic hydroxyl groups is 1. The van der Waals surface area contributed by atoms with Gasteiger partial charge in [0.25, 0.3) is 5.91 Å². The van der Waals surface area contributed by atoms with E-state index in [1.54, 1.807) is 11.0 Å². The van der Waals surface area contributed by atoms with E-state index in [-0.39, 0.29) is 11.7 Å². The van der Waals surface area contributed by atoms with Crippen molar-refractivity contribution in [3.05, 3.63) is 71.3 Å². The van der Waals surface area contributed by atoms with Crippen molar-refractivity contribution in [2.24, 2.45) is 0 Å². The van der Waals surface area contributed by atoms with Gasteiger partial charge in [0.2, 0.25) is 0 Å². The Balaban J connectivity index is 1.60. The van der Waals surface area contributed by atoms with Crippen LogP contribution in [0.15, 0.2) is 54.6 Å². The second-order valence-corrected chi connectivity index (χ2v) is 8.13. The SMILES string of the molecule is CCOc1ccc(CN(C)Cc2c(O)c(C(=O)N3CCOCC3)cc3ccccc23)cc1. The predicted octanol–water partition coefficient (Wildman–Crippen LogP) is 4.05. The lowest BCUT2D eigenvalue weighted by molar-refractivity contribution is 0.0301. The number of amides is 1. The summed E-state index contributed by atoms with van der Waals surface area (Å²) in [6, 6.07) is 17.8. The number of rotatable bonds is 7. The predicted molar refractivity (Wildman–Crippen MR) is 125 cm³/mol. The summed E-state index contributed by atoms with van der Waals surface area (Å²) in [6.07, 6.45) is 0. The minimum atomic E-state index is -0.146. The van der Waals surface area contributed by atoms with Crippen LogP contribution < -0.4 is 4.74 Å². The summed E-state index contributed by atoms with van der Waals surface area (Å²) in [6.45, 7) is 5.97. The Morgan fingerprint density at radius 2 is 1.81 bits per heavy atom. The van der Waals surface area contributed by atoms with Gasteiger partial charge in [-0.2, -0.15) is 0 Å². The first-order chi connectivity index (χ1) is 15.6. The first-order valence-electron chi connectivity index (χ1n) is 11.1. The van der Waals surface area contributed by atoms with Gasteiger partial charge in [0, 0.05) is 31.7 Å². The quantitative estimate of drug-likeness (QED) is 0.608. The Labute approximate surface area is 189 Å². The normalized spacial score (nSPS) is 14.2. The third-order valence-corrected chi connectivity index (χ3v) is 5.77. The van der Waals surface area contributed by atoms with E-state index in [1.807, 2.05) is 50.4 Å². The Morgan fingerprint density at radius 3 is 2.53 bits per heavy atom. The zero-order valence-electron chi connectivity index (χ0n) is 18.7. The Kier molecular flexibility index (Phi) is 6.93. The maximum Gasteiger partial charge on any atom is 0.257 e. The number of benzene rings is 3. The van der Waals surface area contributed by atoms with Crippen molar-refractivity contribution in [3.8, 4) is 11.5 Å². The second kappa shape index (κ2) is 10.0. The smallest absolute Gasteiger partial charge is 0.257 e. The van der Waals surface area contributed by atoms with Crippen LogP contribution in [0.2, 0.25) is 0 Å². The summed E-state index contributed by atoms with van der Waals surface area (Å²) in [5.41, 5.74) is 2.28. The first-order valence-corrected chi connectivity index (χ1v) is 11.1. The molecule has 1 aliphatic rings. The van der Waals surface area contributed by atoms with Gasteiger partial charge < -0.3 is 19.5 Å². The Bertz CT molecular complexity index is 1080. The molecule has 0 spiro atoms. The number of hydrogen-bond acceptors (Lipinski definition) is 5. The zero-order valence-corrected chi connectivity index (χ0v) is 18.7. The van der Waals surface area contributed by atoms with E-state index in [4.69, 9.17) is 9.47 Å². The molecule has 6 nitrogen and oxygen atoms in total. The van der Waals surface area contributed by atoms with E-state index < -0.39 is 0 Å². The first kappa shape index (κ1) is 22.1. The van der Waals surface area contributed by atoms with Gasteiger partial charge in [-0.1, -0.05) is 36.4 Å². The van der Waals surface area contributed by atoms with Gasteiger partial charge in [-0.3, -0.25) is 9.69 Å². The minimum Gasteiger partial charge on any atom is -0.507 e. The van der Waals surface area contributed by atoms with Crippen LogP contribution in [0.25, 0.3) is 10.8 Å². The van der Waals surface area contributed by atoms with Gasteiger partial charge in [-0.05, 0) is 48.5 Å². The summed E-state index contributed by atoms with van der Waals surface area (Å²) < 4.78 is 10.9. The molecule has 3 aromatic rings. The zero-order chi connectivity index (χ0) is 22.5. The Hall–Kier alpha value is -3.09. The van der Waals surface area contributed by atoms with E-state index in [2.05, 4.69) is 17.0 Å². The van der Waals surface area contributed by atoms with Crippen LogP contribution in [0.4, 0.5) is 0 Å². The van der Waals surface area contributed by atoms with Crippen LogP contribution in [0.5, 0.6) is 11.5 Å². The Morgan fingerprint density at radius 1 is 1.09 bits per heavy atom.